The molecule has 2 aromatic rings. The minimum absolute atomic E-state index is 0.0382. The van der Waals surface area contributed by atoms with Crippen LogP contribution in [-0.2, 0) is 11.2 Å². The molecule has 0 aliphatic carbocycles. The number of aromatic nitrogens is 1. The van der Waals surface area contributed by atoms with Crippen LogP contribution in [0, 0.1) is 0 Å². The maximum atomic E-state index is 10.9. The molecule has 0 spiro atoms. The smallest absolute Gasteiger partial charge is 0.303 e. The minimum atomic E-state index is -0.778. The van der Waals surface area contributed by atoms with E-state index in [2.05, 4.69) is 41.2 Å². The van der Waals surface area contributed by atoms with Gasteiger partial charge in [-0.2, -0.15) is 0 Å². The average molecular weight is 310 g/mol. The number of nitrogens with zero attached hydrogens (tertiary/aromatic N) is 2. The Morgan fingerprint density at radius 1 is 1.30 bits per heavy atom. The second-order valence-electron chi connectivity index (χ2n) is 6.37. The molecule has 1 aromatic carbocycles. The number of carboxylic acid groups (broad SMARTS) is 1. The number of hydrogen-bond donors (Lipinski definition) is 1. The summed E-state index contributed by atoms with van der Waals surface area (Å²) in [6.07, 6.45) is 6.03. The van der Waals surface area contributed by atoms with Crippen molar-refractivity contribution in [2.24, 2.45) is 0 Å². The summed E-state index contributed by atoms with van der Waals surface area (Å²) < 4.78 is 0. The Balaban J connectivity index is 1.91. The molecule has 0 bridgehead atoms. The lowest BCUT2D eigenvalue weighted by molar-refractivity contribution is -0.137. The number of pyridine rings is 1. The molecule has 3 rings (SSSR count). The van der Waals surface area contributed by atoms with Crippen molar-refractivity contribution in [2.45, 2.75) is 32.1 Å². The van der Waals surface area contributed by atoms with Gasteiger partial charge >= 0.3 is 5.97 Å². The van der Waals surface area contributed by atoms with E-state index >= 15 is 0 Å². The average Bonchev–Trinajstić information content (AvgIpc) is 2.54. The summed E-state index contributed by atoms with van der Waals surface area (Å²) in [5.41, 5.74) is 5.86. The van der Waals surface area contributed by atoms with Gasteiger partial charge in [0.1, 0.15) is 0 Å². The highest BCUT2D eigenvalue weighted by Crippen LogP contribution is 2.31. The van der Waals surface area contributed by atoms with Crippen molar-refractivity contribution in [3.8, 4) is 11.1 Å². The summed E-state index contributed by atoms with van der Waals surface area (Å²) in [5, 5.41) is 8.96. The fraction of sp³-hybridized carbons (Fsp3) is 0.368. The molecule has 0 saturated carbocycles. The third-order valence-corrected chi connectivity index (χ3v) is 4.57. The minimum Gasteiger partial charge on any atom is -0.481 e. The Bertz CT molecular complexity index is 727. The molecule has 23 heavy (non-hydrogen) atoms. The van der Waals surface area contributed by atoms with Gasteiger partial charge in [-0.25, -0.2) is 0 Å². The highest BCUT2D eigenvalue weighted by Gasteiger charge is 2.15. The molecular weight excluding hydrogens is 288 g/mol. The molecule has 2 heterocycles. The van der Waals surface area contributed by atoms with E-state index in [1.807, 2.05) is 13.1 Å². The molecule has 120 valence electrons. The Labute approximate surface area is 136 Å². The van der Waals surface area contributed by atoms with Gasteiger partial charge in [0.05, 0.1) is 6.42 Å². The van der Waals surface area contributed by atoms with Crippen LogP contribution in [0.25, 0.3) is 11.1 Å². The van der Waals surface area contributed by atoms with Crippen LogP contribution in [0.15, 0.2) is 36.7 Å². The lowest BCUT2D eigenvalue weighted by atomic mass is 9.94. The van der Waals surface area contributed by atoms with Crippen LogP contribution in [0.5, 0.6) is 0 Å². The van der Waals surface area contributed by atoms with Crippen molar-refractivity contribution >= 4 is 11.7 Å². The summed E-state index contributed by atoms with van der Waals surface area (Å²) in [6, 6.07) is 8.61. The normalized spacial score (nSPS) is 15.1. The molecule has 1 aliphatic rings. The van der Waals surface area contributed by atoms with Gasteiger partial charge in [-0.15, -0.1) is 0 Å². The van der Waals surface area contributed by atoms with E-state index in [1.54, 1.807) is 6.20 Å². The first kappa shape index (κ1) is 15.5. The van der Waals surface area contributed by atoms with Crippen LogP contribution in [0.4, 0.5) is 5.69 Å². The topological polar surface area (TPSA) is 53.4 Å². The molecule has 1 unspecified atom stereocenters. The van der Waals surface area contributed by atoms with Crippen LogP contribution in [0.1, 0.15) is 36.8 Å². The molecule has 1 N–H and O–H groups in total. The molecule has 0 amide bonds. The molecule has 1 atom stereocenters. The largest absolute Gasteiger partial charge is 0.481 e. The molecule has 1 aromatic heterocycles. The van der Waals surface area contributed by atoms with Crippen molar-refractivity contribution in [3.63, 3.8) is 0 Å². The Morgan fingerprint density at radius 2 is 2.13 bits per heavy atom. The number of hydrogen-bond acceptors (Lipinski definition) is 3. The van der Waals surface area contributed by atoms with E-state index in [-0.39, 0.29) is 12.3 Å². The summed E-state index contributed by atoms with van der Waals surface area (Å²) in [6.45, 7) is 3.03. The number of benzene rings is 1. The second kappa shape index (κ2) is 6.41. The summed E-state index contributed by atoms with van der Waals surface area (Å²) in [5.74, 6) is -0.816. The van der Waals surface area contributed by atoms with Crippen molar-refractivity contribution in [3.05, 3.63) is 47.8 Å². The van der Waals surface area contributed by atoms with Gasteiger partial charge in [-0.05, 0) is 53.6 Å². The fourth-order valence-corrected chi connectivity index (χ4v) is 3.23. The van der Waals surface area contributed by atoms with Crippen LogP contribution in [0.2, 0.25) is 0 Å². The van der Waals surface area contributed by atoms with Crippen LogP contribution >= 0.6 is 0 Å². The summed E-state index contributed by atoms with van der Waals surface area (Å²) in [7, 11) is 2.13. The van der Waals surface area contributed by atoms with E-state index in [1.165, 1.54) is 17.7 Å². The summed E-state index contributed by atoms with van der Waals surface area (Å²) in [4.78, 5) is 17.5. The number of carbonyl (C=O) groups is 1. The van der Waals surface area contributed by atoms with E-state index in [0.29, 0.717) is 0 Å². The molecule has 4 nitrogen and oxygen atoms in total. The van der Waals surface area contributed by atoms with Crippen molar-refractivity contribution < 1.29 is 9.90 Å². The lowest BCUT2D eigenvalue weighted by Gasteiger charge is -2.27. The SMILES string of the molecule is CC(CC(=O)O)c1cncc(-c2ccc3c(c2)CCCN3C)c1. The third-order valence-electron chi connectivity index (χ3n) is 4.57. The second-order valence-corrected chi connectivity index (χ2v) is 6.37. The van der Waals surface area contributed by atoms with E-state index in [4.69, 9.17) is 5.11 Å². The van der Waals surface area contributed by atoms with Gasteiger partial charge in [0, 0.05) is 37.2 Å². The van der Waals surface area contributed by atoms with Gasteiger partial charge in [-0.1, -0.05) is 13.0 Å². The van der Waals surface area contributed by atoms with Gasteiger partial charge < -0.3 is 10.0 Å². The van der Waals surface area contributed by atoms with Crippen molar-refractivity contribution in [1.82, 2.24) is 4.98 Å². The first-order chi connectivity index (χ1) is 11.0. The Hall–Kier alpha value is -2.36. The highest BCUT2D eigenvalue weighted by atomic mass is 16.4. The van der Waals surface area contributed by atoms with Gasteiger partial charge in [0.2, 0.25) is 0 Å². The van der Waals surface area contributed by atoms with Gasteiger partial charge in [-0.3, -0.25) is 9.78 Å². The first-order valence-electron chi connectivity index (χ1n) is 8.06. The molecule has 1 aliphatic heterocycles. The molecule has 0 fully saturated rings. The highest BCUT2D eigenvalue weighted by molar-refractivity contribution is 5.70. The number of fused-ring (bicyclic) bond motifs is 1. The maximum Gasteiger partial charge on any atom is 0.303 e. The molecule has 0 saturated heterocycles. The van der Waals surface area contributed by atoms with Crippen LogP contribution in [0.3, 0.4) is 0 Å². The van der Waals surface area contributed by atoms with E-state index < -0.39 is 5.97 Å². The Morgan fingerprint density at radius 3 is 2.91 bits per heavy atom. The van der Waals surface area contributed by atoms with Gasteiger partial charge in [0.15, 0.2) is 0 Å². The van der Waals surface area contributed by atoms with Crippen LogP contribution < -0.4 is 4.90 Å². The number of anilines is 1. The first-order valence-corrected chi connectivity index (χ1v) is 8.06. The number of carboxylic acids is 1. The number of rotatable bonds is 4. The predicted molar refractivity (Wildman–Crippen MR) is 91.9 cm³/mol. The fourth-order valence-electron chi connectivity index (χ4n) is 3.23. The van der Waals surface area contributed by atoms with Crippen molar-refractivity contribution in [2.75, 3.05) is 18.5 Å². The Kier molecular flexibility index (Phi) is 4.33. The predicted octanol–water partition coefficient (Wildman–Crippen LogP) is 3.71. The van der Waals surface area contributed by atoms with E-state index in [0.717, 1.165) is 29.7 Å². The zero-order valence-corrected chi connectivity index (χ0v) is 13.6. The zero-order valence-electron chi connectivity index (χ0n) is 13.6. The van der Waals surface area contributed by atoms with Crippen molar-refractivity contribution in [1.29, 1.82) is 0 Å². The lowest BCUT2D eigenvalue weighted by Crippen LogP contribution is -2.24. The quantitative estimate of drug-likeness (QED) is 0.935. The maximum absolute atomic E-state index is 10.9. The van der Waals surface area contributed by atoms with Crippen LogP contribution in [-0.4, -0.2) is 29.7 Å². The monoisotopic (exact) mass is 310 g/mol. The number of aliphatic carboxylic acids is 1. The molecule has 4 heteroatoms. The molecular formula is C19H22N2O2. The number of aryl methyl sites for hydroxylation is 1. The van der Waals surface area contributed by atoms with E-state index in [9.17, 15) is 4.79 Å². The standard InChI is InChI=1S/C19H22N2O2/c1-13(8-19(22)23)16-10-17(12-20-11-16)14-5-6-18-15(9-14)4-3-7-21(18)2/h5-6,9-13H,3-4,7-8H2,1-2H3,(H,22,23). The zero-order chi connectivity index (χ0) is 16.4. The third kappa shape index (κ3) is 3.36. The van der Waals surface area contributed by atoms with Gasteiger partial charge in [0.25, 0.3) is 0 Å². The molecule has 0 radical (unpaired) electrons. The summed E-state index contributed by atoms with van der Waals surface area (Å²) >= 11 is 0.